The Balaban J connectivity index is 2.97. The first kappa shape index (κ1) is 32.1. The molecule has 0 spiro atoms. The third-order valence-corrected chi connectivity index (χ3v) is 7.59. The molecular weight excluding hydrogens is 542 g/mol. The van der Waals surface area contributed by atoms with Gasteiger partial charge in [-0.2, -0.15) is 0 Å². The lowest BCUT2D eigenvalue weighted by Gasteiger charge is -2.29. The van der Waals surface area contributed by atoms with Gasteiger partial charge in [-0.15, -0.1) is 0 Å². The summed E-state index contributed by atoms with van der Waals surface area (Å²) in [6.07, 6.45) is -0.681. The molecule has 3 amide bonds. The second-order valence-corrected chi connectivity index (χ2v) is 17.7. The minimum atomic E-state index is -1.28. The number of anilines is 1. The Bertz CT molecular complexity index is 866. The Morgan fingerprint density at radius 2 is 1.61 bits per heavy atom. The lowest BCUT2D eigenvalue weighted by atomic mass is 10.0. The van der Waals surface area contributed by atoms with Crippen LogP contribution < -0.4 is 15.5 Å². The van der Waals surface area contributed by atoms with Crippen molar-refractivity contribution in [3.05, 3.63) is 29.8 Å². The van der Waals surface area contributed by atoms with Crippen LogP contribution >= 0.6 is 15.9 Å². The number of nitrogens with zero attached hydrogens (tertiary/aromatic N) is 1. The number of hydrogen-bond acceptors (Lipinski definition) is 5. The van der Waals surface area contributed by atoms with Gasteiger partial charge in [0.15, 0.2) is 0 Å². The molecular formula is C26H44BrN3O5Si. The van der Waals surface area contributed by atoms with E-state index >= 15 is 0 Å². The predicted octanol–water partition coefficient (Wildman–Crippen LogP) is 5.28. The summed E-state index contributed by atoms with van der Waals surface area (Å²) in [5.74, 6) is -0.966. The summed E-state index contributed by atoms with van der Waals surface area (Å²) in [5, 5.41) is 6.09. The van der Waals surface area contributed by atoms with E-state index in [1.165, 1.54) is 0 Å². The van der Waals surface area contributed by atoms with Crippen LogP contribution in [0.15, 0.2) is 24.3 Å². The van der Waals surface area contributed by atoms with Gasteiger partial charge in [0.25, 0.3) is 5.91 Å². The second kappa shape index (κ2) is 14.1. The molecule has 0 aliphatic heterocycles. The summed E-state index contributed by atoms with van der Waals surface area (Å²) in [6.45, 7) is 18.0. The molecule has 204 valence electrons. The van der Waals surface area contributed by atoms with Gasteiger partial charge in [0, 0.05) is 25.7 Å². The summed E-state index contributed by atoms with van der Waals surface area (Å²) >= 11 is 3.44. The number of rotatable bonds is 12. The van der Waals surface area contributed by atoms with Gasteiger partial charge in [0.1, 0.15) is 24.4 Å². The molecule has 1 rings (SSSR count). The molecule has 2 N–H and O–H groups in total. The minimum Gasteiger partial charge on any atom is -0.444 e. The third-order valence-electron chi connectivity index (χ3n) is 5.24. The standard InChI is InChI=1S/C26H44BrN3O5Si/c1-18(2)22(29-25(33)35-26(4,5)6)23(31)28-19(3)24(32)30(17-34-14-15-36(7,8)9)21-12-10-20(16-27)11-13-21/h10-13,18-19,22H,14-17H2,1-9H3,(H,28,31)(H,29,33)/t19-,22-/m0/s1. The van der Waals surface area contributed by atoms with Crippen molar-refractivity contribution in [2.45, 2.75) is 90.2 Å². The number of amides is 3. The van der Waals surface area contributed by atoms with Crippen LogP contribution in [0.3, 0.4) is 0 Å². The quantitative estimate of drug-likeness (QED) is 0.150. The van der Waals surface area contributed by atoms with E-state index in [4.69, 9.17) is 9.47 Å². The maximum Gasteiger partial charge on any atom is 0.408 e. The van der Waals surface area contributed by atoms with Gasteiger partial charge in [0.05, 0.1) is 0 Å². The van der Waals surface area contributed by atoms with E-state index in [0.29, 0.717) is 17.6 Å². The van der Waals surface area contributed by atoms with Crippen LogP contribution in [-0.4, -0.2) is 57.0 Å². The van der Waals surface area contributed by atoms with E-state index in [-0.39, 0.29) is 18.6 Å². The summed E-state index contributed by atoms with van der Waals surface area (Å²) in [5.41, 5.74) is 1.08. The number of halogens is 1. The van der Waals surface area contributed by atoms with Gasteiger partial charge in [-0.3, -0.25) is 14.5 Å². The van der Waals surface area contributed by atoms with Crippen molar-refractivity contribution in [2.75, 3.05) is 18.2 Å². The first-order valence-electron chi connectivity index (χ1n) is 12.4. The number of nitrogens with one attached hydrogen (secondary N) is 2. The lowest BCUT2D eigenvalue weighted by Crippen LogP contribution is -2.55. The maximum absolute atomic E-state index is 13.4. The number of carbonyl (C=O) groups is 3. The van der Waals surface area contributed by atoms with E-state index < -0.39 is 37.8 Å². The number of alkyl halides is 1. The fourth-order valence-electron chi connectivity index (χ4n) is 3.13. The van der Waals surface area contributed by atoms with Gasteiger partial charge in [-0.1, -0.05) is 61.6 Å². The number of benzene rings is 1. The normalized spacial score (nSPS) is 13.6. The van der Waals surface area contributed by atoms with Crippen LogP contribution in [0.4, 0.5) is 10.5 Å². The van der Waals surface area contributed by atoms with Crippen LogP contribution in [0.25, 0.3) is 0 Å². The van der Waals surface area contributed by atoms with Crippen molar-refractivity contribution in [1.82, 2.24) is 10.6 Å². The first-order valence-corrected chi connectivity index (χ1v) is 17.2. The monoisotopic (exact) mass is 585 g/mol. The summed E-state index contributed by atoms with van der Waals surface area (Å²) in [7, 11) is -1.28. The topological polar surface area (TPSA) is 97.0 Å². The van der Waals surface area contributed by atoms with Crippen molar-refractivity contribution in [2.24, 2.45) is 5.92 Å². The molecule has 1 aromatic rings. The highest BCUT2D eigenvalue weighted by atomic mass is 79.9. The minimum absolute atomic E-state index is 0.0843. The SMILES string of the molecule is CC(C)[C@H](NC(=O)OC(C)(C)C)C(=O)N[C@@H](C)C(=O)N(COCC[Si](C)(C)C)c1ccc(CBr)cc1. The van der Waals surface area contributed by atoms with E-state index in [1.54, 1.807) is 32.6 Å². The fraction of sp³-hybridized carbons (Fsp3) is 0.654. The Kier molecular flexibility index (Phi) is 12.6. The Morgan fingerprint density at radius 3 is 2.08 bits per heavy atom. The third kappa shape index (κ3) is 11.9. The molecule has 1 aromatic carbocycles. The van der Waals surface area contributed by atoms with Crippen LogP contribution in [-0.2, 0) is 24.4 Å². The molecule has 8 nitrogen and oxygen atoms in total. The van der Waals surface area contributed by atoms with E-state index in [2.05, 4.69) is 46.2 Å². The molecule has 0 heterocycles. The highest BCUT2D eigenvalue weighted by Gasteiger charge is 2.30. The van der Waals surface area contributed by atoms with Gasteiger partial charge < -0.3 is 20.1 Å². The zero-order valence-corrected chi connectivity index (χ0v) is 25.8. The number of alkyl carbamates (subject to hydrolysis) is 1. The van der Waals surface area contributed by atoms with E-state index in [0.717, 1.165) is 11.6 Å². The fourth-order valence-corrected chi connectivity index (χ4v) is 4.26. The molecule has 0 unspecified atom stereocenters. The zero-order chi connectivity index (χ0) is 27.7. The van der Waals surface area contributed by atoms with Crippen LogP contribution in [0.1, 0.15) is 47.1 Å². The van der Waals surface area contributed by atoms with E-state index in [9.17, 15) is 14.4 Å². The van der Waals surface area contributed by atoms with Crippen LogP contribution in [0.5, 0.6) is 0 Å². The predicted molar refractivity (Wildman–Crippen MR) is 151 cm³/mol. The van der Waals surface area contributed by atoms with Gasteiger partial charge in [-0.05, 0) is 57.4 Å². The Hall–Kier alpha value is -1.91. The first-order chi connectivity index (χ1) is 16.5. The van der Waals surface area contributed by atoms with Crippen molar-refractivity contribution >= 4 is 47.6 Å². The average molecular weight is 587 g/mol. The highest BCUT2D eigenvalue weighted by molar-refractivity contribution is 9.08. The average Bonchev–Trinajstić information content (AvgIpc) is 2.75. The highest BCUT2D eigenvalue weighted by Crippen LogP contribution is 2.19. The molecule has 0 saturated carbocycles. The Morgan fingerprint density at radius 1 is 1.03 bits per heavy atom. The molecule has 0 aromatic heterocycles. The van der Waals surface area contributed by atoms with Crippen molar-refractivity contribution in [3.8, 4) is 0 Å². The molecule has 0 fully saturated rings. The maximum atomic E-state index is 13.4. The second-order valence-electron chi connectivity index (χ2n) is 11.5. The molecule has 0 saturated heterocycles. The van der Waals surface area contributed by atoms with Gasteiger partial charge in [0.2, 0.25) is 5.91 Å². The van der Waals surface area contributed by atoms with Crippen LogP contribution in [0.2, 0.25) is 25.7 Å². The molecule has 0 aliphatic rings. The molecule has 0 aliphatic carbocycles. The van der Waals surface area contributed by atoms with Crippen molar-refractivity contribution in [1.29, 1.82) is 0 Å². The summed E-state index contributed by atoms with van der Waals surface area (Å²) in [4.78, 5) is 40.3. The number of hydrogen-bond donors (Lipinski definition) is 2. The van der Waals surface area contributed by atoms with Gasteiger partial charge >= 0.3 is 6.09 Å². The summed E-state index contributed by atoms with van der Waals surface area (Å²) in [6, 6.07) is 6.91. The summed E-state index contributed by atoms with van der Waals surface area (Å²) < 4.78 is 11.2. The van der Waals surface area contributed by atoms with Crippen LogP contribution in [0, 0.1) is 5.92 Å². The van der Waals surface area contributed by atoms with E-state index in [1.807, 2.05) is 38.1 Å². The number of carbonyl (C=O) groups excluding carboxylic acids is 3. The lowest BCUT2D eigenvalue weighted by molar-refractivity contribution is -0.129. The molecule has 0 radical (unpaired) electrons. The molecule has 0 bridgehead atoms. The smallest absolute Gasteiger partial charge is 0.408 e. The molecule has 10 heteroatoms. The largest absolute Gasteiger partial charge is 0.444 e. The molecule has 36 heavy (non-hydrogen) atoms. The van der Waals surface area contributed by atoms with Crippen molar-refractivity contribution in [3.63, 3.8) is 0 Å². The molecule has 2 atom stereocenters. The number of ether oxygens (including phenoxy) is 2. The van der Waals surface area contributed by atoms with Gasteiger partial charge in [-0.25, -0.2) is 4.79 Å². The zero-order valence-electron chi connectivity index (χ0n) is 23.2. The van der Waals surface area contributed by atoms with Crippen molar-refractivity contribution < 1.29 is 23.9 Å². The Labute approximate surface area is 226 Å².